The van der Waals surface area contributed by atoms with Crippen LogP contribution in [0.15, 0.2) is 114 Å². The molecule has 0 unspecified atom stereocenters. The third kappa shape index (κ3) is 9.42. The van der Waals surface area contributed by atoms with Gasteiger partial charge in [-0.1, -0.05) is 88.7 Å². The summed E-state index contributed by atoms with van der Waals surface area (Å²) in [4.78, 5) is 29.0. The molecule has 0 radical (unpaired) electrons. The fraction of sp³-hybridized carbons (Fsp3) is 0.235. The van der Waals surface area contributed by atoms with Crippen molar-refractivity contribution in [1.82, 2.24) is 10.2 Å². The van der Waals surface area contributed by atoms with E-state index >= 15 is 0 Å². The summed E-state index contributed by atoms with van der Waals surface area (Å²) in [6.45, 7) is 2.19. The van der Waals surface area contributed by atoms with Gasteiger partial charge < -0.3 is 15.0 Å². The number of sulfonamides is 1. The molecule has 1 atom stereocenters. The highest BCUT2D eigenvalue weighted by Crippen LogP contribution is 2.24. The summed E-state index contributed by atoms with van der Waals surface area (Å²) < 4.78 is 33.8. The van der Waals surface area contributed by atoms with Crippen LogP contribution in [0.5, 0.6) is 5.75 Å². The largest absolute Gasteiger partial charge is 0.489 e. The fourth-order valence-electron chi connectivity index (χ4n) is 4.74. The molecule has 0 aliphatic rings. The highest BCUT2D eigenvalue weighted by Gasteiger charge is 2.32. The van der Waals surface area contributed by atoms with Crippen molar-refractivity contribution < 1.29 is 22.7 Å². The van der Waals surface area contributed by atoms with Gasteiger partial charge in [-0.3, -0.25) is 13.9 Å². The van der Waals surface area contributed by atoms with Crippen molar-refractivity contribution in [3.05, 3.63) is 130 Å². The molecule has 0 aliphatic carbocycles. The number of nitrogens with zero attached hydrogens (tertiary/aromatic N) is 2. The lowest BCUT2D eigenvalue weighted by molar-refractivity contribution is -0.140. The van der Waals surface area contributed by atoms with Gasteiger partial charge in [0.1, 0.15) is 24.9 Å². The van der Waals surface area contributed by atoms with Crippen LogP contribution in [0.2, 0.25) is 0 Å². The van der Waals surface area contributed by atoms with Gasteiger partial charge in [0, 0.05) is 24.0 Å². The SMILES string of the molecule is CCNC(=O)[C@H](Cc1ccccc1)N(Cc1cccc(Br)c1)C(=O)CN(c1ccc(OCc2ccccc2)cc1)S(C)(=O)=O. The molecule has 0 aliphatic heterocycles. The maximum atomic E-state index is 14.1. The van der Waals surface area contributed by atoms with E-state index < -0.39 is 28.5 Å². The summed E-state index contributed by atoms with van der Waals surface area (Å²) in [5.74, 6) is -0.259. The first kappa shape index (κ1) is 32.8. The summed E-state index contributed by atoms with van der Waals surface area (Å²) in [7, 11) is -3.87. The Bertz CT molecular complexity index is 1630. The maximum Gasteiger partial charge on any atom is 0.244 e. The zero-order valence-corrected chi connectivity index (χ0v) is 27.1. The Morgan fingerprint density at radius 1 is 0.841 bits per heavy atom. The van der Waals surface area contributed by atoms with Gasteiger partial charge in [-0.25, -0.2) is 8.42 Å². The second-order valence-electron chi connectivity index (χ2n) is 10.3. The minimum atomic E-state index is -3.87. The molecule has 0 fully saturated rings. The van der Waals surface area contributed by atoms with Crippen LogP contribution in [0, 0.1) is 0 Å². The Labute approximate surface area is 267 Å². The molecular weight excluding hydrogens is 642 g/mol. The second kappa shape index (κ2) is 15.5. The smallest absolute Gasteiger partial charge is 0.244 e. The fourth-order valence-corrected chi connectivity index (χ4v) is 6.04. The third-order valence-electron chi connectivity index (χ3n) is 6.92. The number of ether oxygens (including phenoxy) is 1. The molecule has 0 aromatic heterocycles. The topological polar surface area (TPSA) is 96.0 Å². The lowest BCUT2D eigenvalue weighted by atomic mass is 10.0. The molecule has 0 heterocycles. The number of anilines is 1. The molecule has 2 amide bonds. The van der Waals surface area contributed by atoms with Crippen molar-refractivity contribution in [3.63, 3.8) is 0 Å². The molecule has 4 rings (SSSR count). The van der Waals surface area contributed by atoms with Crippen LogP contribution >= 0.6 is 15.9 Å². The molecule has 4 aromatic carbocycles. The predicted molar refractivity (Wildman–Crippen MR) is 177 cm³/mol. The van der Waals surface area contributed by atoms with Crippen molar-refractivity contribution in [2.75, 3.05) is 23.7 Å². The van der Waals surface area contributed by atoms with E-state index in [1.165, 1.54) is 4.90 Å². The van der Waals surface area contributed by atoms with E-state index in [-0.39, 0.29) is 18.9 Å². The Balaban J connectivity index is 1.63. The van der Waals surface area contributed by atoms with Crippen LogP contribution in [0.4, 0.5) is 5.69 Å². The first-order valence-electron chi connectivity index (χ1n) is 14.2. The number of benzene rings is 4. The second-order valence-corrected chi connectivity index (χ2v) is 13.1. The Kier molecular flexibility index (Phi) is 11.6. The van der Waals surface area contributed by atoms with Gasteiger partial charge in [0.2, 0.25) is 21.8 Å². The number of carbonyl (C=O) groups excluding carboxylic acids is 2. The number of hydrogen-bond acceptors (Lipinski definition) is 5. The molecule has 44 heavy (non-hydrogen) atoms. The molecule has 230 valence electrons. The lowest BCUT2D eigenvalue weighted by Crippen LogP contribution is -2.53. The van der Waals surface area contributed by atoms with Gasteiger partial charge in [-0.15, -0.1) is 0 Å². The summed E-state index contributed by atoms with van der Waals surface area (Å²) >= 11 is 3.48. The maximum absolute atomic E-state index is 14.1. The van der Waals surface area contributed by atoms with E-state index in [0.717, 1.165) is 31.7 Å². The van der Waals surface area contributed by atoms with Crippen LogP contribution in [-0.4, -0.2) is 50.5 Å². The standard InChI is InChI=1S/C34H36BrN3O5S/c1-3-36-34(40)32(22-26-11-6-4-7-12-26)37(23-28-15-10-16-29(35)21-28)33(39)24-38(44(2,41)42)30-17-19-31(20-18-30)43-25-27-13-8-5-9-14-27/h4-21,32H,3,22-25H2,1-2H3,(H,36,40)/t32-/m0/s1. The molecule has 0 bridgehead atoms. The number of halogens is 1. The van der Waals surface area contributed by atoms with Crippen LogP contribution in [0.1, 0.15) is 23.6 Å². The molecule has 0 spiro atoms. The molecule has 0 saturated carbocycles. The van der Waals surface area contributed by atoms with Gasteiger partial charge in [-0.2, -0.15) is 0 Å². The highest BCUT2D eigenvalue weighted by atomic mass is 79.9. The summed E-state index contributed by atoms with van der Waals surface area (Å²) in [5, 5.41) is 2.86. The third-order valence-corrected chi connectivity index (χ3v) is 8.55. The Morgan fingerprint density at radius 3 is 2.05 bits per heavy atom. The highest BCUT2D eigenvalue weighted by molar-refractivity contribution is 9.10. The zero-order chi connectivity index (χ0) is 31.5. The predicted octanol–water partition coefficient (Wildman–Crippen LogP) is 5.57. The number of amides is 2. The van der Waals surface area contributed by atoms with Gasteiger partial charge in [0.15, 0.2) is 0 Å². The molecule has 10 heteroatoms. The van der Waals surface area contributed by atoms with Crippen LogP contribution in [-0.2, 0) is 39.2 Å². The van der Waals surface area contributed by atoms with Crippen molar-refractivity contribution >= 4 is 43.5 Å². The normalized spacial score (nSPS) is 11.8. The van der Waals surface area contributed by atoms with E-state index in [2.05, 4.69) is 21.2 Å². The van der Waals surface area contributed by atoms with Crippen LogP contribution < -0.4 is 14.4 Å². The molecule has 8 nitrogen and oxygen atoms in total. The van der Waals surface area contributed by atoms with E-state index in [4.69, 9.17) is 4.74 Å². The van der Waals surface area contributed by atoms with Gasteiger partial charge in [0.05, 0.1) is 11.9 Å². The molecular formula is C34H36BrN3O5S. The monoisotopic (exact) mass is 677 g/mol. The number of likely N-dealkylation sites (N-methyl/N-ethyl adjacent to an activating group) is 1. The number of carbonyl (C=O) groups is 2. The molecule has 4 aromatic rings. The van der Waals surface area contributed by atoms with Gasteiger partial charge >= 0.3 is 0 Å². The quantitative estimate of drug-likeness (QED) is 0.188. The lowest BCUT2D eigenvalue weighted by Gasteiger charge is -2.33. The first-order chi connectivity index (χ1) is 21.1. The van der Waals surface area contributed by atoms with E-state index in [1.54, 1.807) is 24.3 Å². The van der Waals surface area contributed by atoms with Crippen molar-refractivity contribution in [2.24, 2.45) is 0 Å². The summed E-state index contributed by atoms with van der Waals surface area (Å²) in [6, 6.07) is 32.3. The Morgan fingerprint density at radius 2 is 1.45 bits per heavy atom. The zero-order valence-electron chi connectivity index (χ0n) is 24.7. The Hall–Kier alpha value is -4.15. The minimum Gasteiger partial charge on any atom is -0.489 e. The minimum absolute atomic E-state index is 0.108. The van der Waals surface area contributed by atoms with E-state index in [9.17, 15) is 18.0 Å². The van der Waals surface area contributed by atoms with Gasteiger partial charge in [0.25, 0.3) is 0 Å². The van der Waals surface area contributed by atoms with Crippen molar-refractivity contribution in [3.8, 4) is 5.75 Å². The average Bonchev–Trinajstić information content (AvgIpc) is 3.01. The van der Waals surface area contributed by atoms with Gasteiger partial charge in [-0.05, 0) is 60.0 Å². The summed E-state index contributed by atoms with van der Waals surface area (Å²) in [5.41, 5.74) is 2.98. The van der Waals surface area contributed by atoms with Crippen molar-refractivity contribution in [2.45, 2.75) is 32.5 Å². The number of nitrogens with one attached hydrogen (secondary N) is 1. The number of hydrogen-bond donors (Lipinski definition) is 1. The average molecular weight is 679 g/mol. The van der Waals surface area contributed by atoms with Crippen LogP contribution in [0.25, 0.3) is 0 Å². The molecule has 0 saturated heterocycles. The van der Waals surface area contributed by atoms with E-state index in [1.807, 2.05) is 91.9 Å². The first-order valence-corrected chi connectivity index (χ1v) is 16.9. The number of rotatable bonds is 14. The van der Waals surface area contributed by atoms with Crippen molar-refractivity contribution in [1.29, 1.82) is 0 Å². The van der Waals surface area contributed by atoms with Crippen LogP contribution in [0.3, 0.4) is 0 Å². The van der Waals surface area contributed by atoms with E-state index in [0.29, 0.717) is 24.6 Å². The molecule has 1 N–H and O–H groups in total. The summed E-state index contributed by atoms with van der Waals surface area (Å²) in [6.07, 6.45) is 1.32.